The lowest BCUT2D eigenvalue weighted by Gasteiger charge is -2.36. The molecule has 0 aromatic heterocycles. The Morgan fingerprint density at radius 1 is 1.08 bits per heavy atom. The third-order valence-electron chi connectivity index (χ3n) is 1.81. The summed E-state index contributed by atoms with van der Waals surface area (Å²) in [5, 5.41) is 36.3. The standard InChI is InChI=1S/C6H9BrO6/c7-5(11)4-2(9)1(8)3(10)6(12)13-4/h1-4,6,8-10,12H. The van der Waals surface area contributed by atoms with E-state index >= 15 is 0 Å². The van der Waals surface area contributed by atoms with Crippen LogP contribution in [0.1, 0.15) is 0 Å². The number of ether oxygens (including phenoxy) is 1. The topological polar surface area (TPSA) is 107 Å². The number of aliphatic hydroxyl groups excluding tert-OH is 4. The number of halogens is 1. The van der Waals surface area contributed by atoms with Crippen molar-refractivity contribution < 1.29 is 30.0 Å². The van der Waals surface area contributed by atoms with Gasteiger partial charge in [-0.3, -0.25) is 4.79 Å². The predicted octanol–water partition coefficient (Wildman–Crippen LogP) is -2.29. The second kappa shape index (κ2) is 3.99. The Kier molecular flexibility index (Phi) is 3.38. The molecule has 4 N–H and O–H groups in total. The minimum absolute atomic E-state index is 0.704. The molecular formula is C6H9BrO6. The van der Waals surface area contributed by atoms with E-state index in [0.29, 0.717) is 0 Å². The molecule has 1 saturated heterocycles. The number of carbonyl (C=O) groups is 1. The van der Waals surface area contributed by atoms with Crippen molar-refractivity contribution in [2.75, 3.05) is 0 Å². The number of hydrogen-bond donors (Lipinski definition) is 4. The van der Waals surface area contributed by atoms with Gasteiger partial charge in [-0.05, 0) is 15.9 Å². The Balaban J connectivity index is 2.76. The van der Waals surface area contributed by atoms with Gasteiger partial charge in [0.15, 0.2) is 12.4 Å². The molecule has 1 fully saturated rings. The lowest BCUT2D eigenvalue weighted by atomic mass is 10.00. The van der Waals surface area contributed by atoms with Gasteiger partial charge < -0.3 is 25.2 Å². The average molecular weight is 257 g/mol. The molecule has 1 rings (SSSR count). The third kappa shape index (κ3) is 2.06. The van der Waals surface area contributed by atoms with E-state index in [1.165, 1.54) is 0 Å². The number of rotatable bonds is 1. The molecule has 0 amide bonds. The van der Waals surface area contributed by atoms with Gasteiger partial charge in [-0.2, -0.15) is 0 Å². The maximum Gasteiger partial charge on any atom is 0.229 e. The summed E-state index contributed by atoms with van der Waals surface area (Å²) in [4.78, 5) is 10.7. The molecule has 13 heavy (non-hydrogen) atoms. The summed E-state index contributed by atoms with van der Waals surface area (Å²) in [5.41, 5.74) is 0. The molecule has 7 heteroatoms. The summed E-state index contributed by atoms with van der Waals surface area (Å²) in [6.07, 6.45) is -7.81. The number of hydrogen-bond acceptors (Lipinski definition) is 6. The third-order valence-corrected chi connectivity index (χ3v) is 2.26. The van der Waals surface area contributed by atoms with Gasteiger partial charge in [0.1, 0.15) is 18.3 Å². The van der Waals surface area contributed by atoms with Crippen LogP contribution in [0.15, 0.2) is 0 Å². The molecule has 0 aromatic rings. The van der Waals surface area contributed by atoms with E-state index in [0.717, 1.165) is 0 Å². The number of carbonyl (C=O) groups excluding carboxylic acids is 1. The van der Waals surface area contributed by atoms with Gasteiger partial charge in [-0.1, -0.05) is 0 Å². The normalized spacial score (nSPS) is 46.1. The van der Waals surface area contributed by atoms with Crippen LogP contribution in [0.5, 0.6) is 0 Å². The van der Waals surface area contributed by atoms with Crippen molar-refractivity contribution in [1.82, 2.24) is 0 Å². The molecule has 1 aliphatic rings. The fourth-order valence-electron chi connectivity index (χ4n) is 1.05. The zero-order valence-corrected chi connectivity index (χ0v) is 7.96. The van der Waals surface area contributed by atoms with Crippen LogP contribution in [0.4, 0.5) is 0 Å². The van der Waals surface area contributed by atoms with E-state index in [1.807, 2.05) is 0 Å². The maximum atomic E-state index is 10.7. The van der Waals surface area contributed by atoms with Gasteiger partial charge in [0, 0.05) is 0 Å². The smallest absolute Gasteiger partial charge is 0.229 e. The highest BCUT2D eigenvalue weighted by Gasteiger charge is 2.45. The molecule has 0 saturated carbocycles. The quantitative estimate of drug-likeness (QED) is 0.394. The van der Waals surface area contributed by atoms with E-state index in [2.05, 4.69) is 20.7 Å². The lowest BCUT2D eigenvalue weighted by Crippen LogP contribution is -2.58. The van der Waals surface area contributed by atoms with E-state index in [9.17, 15) is 9.90 Å². The van der Waals surface area contributed by atoms with E-state index in [-0.39, 0.29) is 0 Å². The minimum atomic E-state index is -1.68. The molecule has 0 radical (unpaired) electrons. The highest BCUT2D eigenvalue weighted by molar-refractivity contribution is 9.18. The van der Waals surface area contributed by atoms with Gasteiger partial charge in [0.25, 0.3) is 0 Å². The second-order valence-corrected chi connectivity index (χ2v) is 3.50. The molecule has 6 nitrogen and oxygen atoms in total. The van der Waals surface area contributed by atoms with Crippen molar-refractivity contribution in [2.24, 2.45) is 0 Å². The fraction of sp³-hybridized carbons (Fsp3) is 0.833. The highest BCUT2D eigenvalue weighted by Crippen LogP contribution is 2.21. The Labute approximate surface area is 81.9 Å². The zero-order chi connectivity index (χ0) is 10.2. The summed E-state index contributed by atoms with van der Waals surface area (Å²) < 4.78 is 3.84. The molecule has 1 heterocycles. The Bertz CT molecular complexity index is 209. The Morgan fingerprint density at radius 3 is 2.08 bits per heavy atom. The first kappa shape index (κ1) is 11.0. The Morgan fingerprint density at radius 2 is 1.62 bits per heavy atom. The Hall–Kier alpha value is -0.0500. The van der Waals surface area contributed by atoms with Gasteiger partial charge in [-0.15, -0.1) is 0 Å². The SMILES string of the molecule is O=C(Br)C1OC(O)C(O)C(O)C1O. The van der Waals surface area contributed by atoms with Crippen LogP contribution in [-0.4, -0.2) is 55.8 Å². The molecule has 0 aliphatic carbocycles. The lowest BCUT2D eigenvalue weighted by molar-refractivity contribution is -0.273. The molecule has 0 spiro atoms. The molecule has 1 aliphatic heterocycles. The van der Waals surface area contributed by atoms with Gasteiger partial charge >= 0.3 is 0 Å². The van der Waals surface area contributed by atoms with E-state index in [4.69, 9.17) is 15.3 Å². The van der Waals surface area contributed by atoms with Crippen molar-refractivity contribution in [3.05, 3.63) is 0 Å². The van der Waals surface area contributed by atoms with Gasteiger partial charge in [0.2, 0.25) is 4.69 Å². The van der Waals surface area contributed by atoms with Crippen molar-refractivity contribution in [2.45, 2.75) is 30.7 Å². The first-order chi connectivity index (χ1) is 5.95. The van der Waals surface area contributed by atoms with Crippen LogP contribution in [0, 0.1) is 0 Å². The van der Waals surface area contributed by atoms with Crippen molar-refractivity contribution in [3.63, 3.8) is 0 Å². The molecule has 0 bridgehead atoms. The van der Waals surface area contributed by atoms with Crippen LogP contribution in [-0.2, 0) is 9.53 Å². The van der Waals surface area contributed by atoms with Gasteiger partial charge in [-0.25, -0.2) is 0 Å². The summed E-state index contributed by atoms with van der Waals surface area (Å²) in [5.74, 6) is 0. The van der Waals surface area contributed by atoms with E-state index < -0.39 is 35.4 Å². The van der Waals surface area contributed by atoms with E-state index in [1.54, 1.807) is 0 Å². The fourth-order valence-corrected chi connectivity index (χ4v) is 1.43. The molecule has 5 unspecified atom stereocenters. The van der Waals surface area contributed by atoms with Crippen molar-refractivity contribution >= 4 is 20.6 Å². The van der Waals surface area contributed by atoms with Crippen LogP contribution in [0.2, 0.25) is 0 Å². The minimum Gasteiger partial charge on any atom is -0.387 e. The largest absolute Gasteiger partial charge is 0.387 e. The predicted molar refractivity (Wildman–Crippen MR) is 42.8 cm³/mol. The second-order valence-electron chi connectivity index (χ2n) is 2.72. The van der Waals surface area contributed by atoms with Crippen LogP contribution < -0.4 is 0 Å². The highest BCUT2D eigenvalue weighted by atomic mass is 79.9. The maximum absolute atomic E-state index is 10.7. The van der Waals surface area contributed by atoms with Crippen molar-refractivity contribution in [3.8, 4) is 0 Å². The van der Waals surface area contributed by atoms with Crippen molar-refractivity contribution in [1.29, 1.82) is 0 Å². The molecule has 76 valence electrons. The van der Waals surface area contributed by atoms with Crippen LogP contribution >= 0.6 is 15.9 Å². The monoisotopic (exact) mass is 256 g/mol. The molecule has 0 aromatic carbocycles. The van der Waals surface area contributed by atoms with Crippen LogP contribution in [0.3, 0.4) is 0 Å². The summed E-state index contributed by atoms with van der Waals surface area (Å²) in [6, 6.07) is 0. The first-order valence-corrected chi connectivity index (χ1v) is 4.31. The molecule has 5 atom stereocenters. The summed E-state index contributed by atoms with van der Waals surface area (Å²) in [7, 11) is 0. The zero-order valence-electron chi connectivity index (χ0n) is 6.37. The first-order valence-electron chi connectivity index (χ1n) is 3.52. The molecular weight excluding hydrogens is 248 g/mol. The summed E-state index contributed by atoms with van der Waals surface area (Å²) >= 11 is 2.52. The average Bonchev–Trinajstić information content (AvgIpc) is 2.07. The number of aliphatic hydroxyl groups is 4. The van der Waals surface area contributed by atoms with Crippen LogP contribution in [0.25, 0.3) is 0 Å². The van der Waals surface area contributed by atoms with Gasteiger partial charge in [0.05, 0.1) is 0 Å². The summed E-state index contributed by atoms with van der Waals surface area (Å²) in [6.45, 7) is 0.